The van der Waals surface area contributed by atoms with Crippen LogP contribution >= 0.6 is 0 Å². The summed E-state index contributed by atoms with van der Waals surface area (Å²) in [6.45, 7) is -0.342. The van der Waals surface area contributed by atoms with Crippen LogP contribution in [0.3, 0.4) is 0 Å². The van der Waals surface area contributed by atoms with E-state index >= 15 is 0 Å². The Labute approximate surface area is 146 Å². The van der Waals surface area contributed by atoms with Crippen LogP contribution in [0.5, 0.6) is 0 Å². The molecule has 1 saturated heterocycles. The van der Waals surface area contributed by atoms with Crippen molar-refractivity contribution in [1.82, 2.24) is 9.97 Å². The number of hydrogen-bond donors (Lipinski definition) is 4. The van der Waals surface area contributed by atoms with Crippen LogP contribution in [0.4, 0.5) is 19.0 Å². The number of halogens is 3. The zero-order valence-electron chi connectivity index (χ0n) is 13.8. The van der Waals surface area contributed by atoms with Gasteiger partial charge in [0.2, 0.25) is 0 Å². The molecule has 4 N–H and O–H groups in total. The Kier molecular flexibility index (Phi) is 7.08. The number of hydrogen-bond acceptors (Lipinski definition) is 9. The zero-order valence-corrected chi connectivity index (χ0v) is 13.8. The number of nitrogens with zero attached hydrogens (tertiary/aromatic N) is 2. The van der Waals surface area contributed by atoms with Crippen molar-refractivity contribution in [2.75, 3.05) is 32.2 Å². The van der Waals surface area contributed by atoms with E-state index < -0.39 is 49.1 Å². The van der Waals surface area contributed by atoms with Crippen molar-refractivity contribution in [3.8, 4) is 0 Å². The van der Waals surface area contributed by atoms with Gasteiger partial charge in [0, 0.05) is 7.11 Å². The van der Waals surface area contributed by atoms with E-state index in [9.17, 15) is 28.5 Å². The quantitative estimate of drug-likeness (QED) is 0.456. The molecule has 1 aliphatic rings. The minimum atomic E-state index is -4.69. The van der Waals surface area contributed by atoms with Gasteiger partial charge in [-0.3, -0.25) is 4.98 Å². The molecule has 1 aromatic heterocycles. The maximum absolute atomic E-state index is 12.8. The summed E-state index contributed by atoms with van der Waals surface area (Å²) in [7, 11) is 1.44. The highest BCUT2D eigenvalue weighted by Crippen LogP contribution is 2.29. The number of ether oxygens (including phenoxy) is 3. The summed E-state index contributed by atoms with van der Waals surface area (Å²) in [5, 5.41) is 32.0. The molecule has 0 spiro atoms. The molecule has 0 amide bonds. The third-order valence-corrected chi connectivity index (χ3v) is 3.69. The van der Waals surface area contributed by atoms with Crippen LogP contribution in [-0.4, -0.2) is 82.9 Å². The summed E-state index contributed by atoms with van der Waals surface area (Å²) in [6, 6.07) is -1.16. The van der Waals surface area contributed by atoms with Gasteiger partial charge in [-0.15, -0.1) is 0 Å². The van der Waals surface area contributed by atoms with E-state index in [1.165, 1.54) is 7.11 Å². The lowest BCUT2D eigenvalue weighted by molar-refractivity contribution is -0.263. The first kappa shape index (κ1) is 20.7. The minimum Gasteiger partial charge on any atom is -0.394 e. The average Bonchev–Trinajstić information content (AvgIpc) is 2.60. The van der Waals surface area contributed by atoms with Crippen molar-refractivity contribution in [1.29, 1.82) is 0 Å². The Hall–Kier alpha value is -1.57. The van der Waals surface area contributed by atoms with Crippen molar-refractivity contribution in [3.63, 3.8) is 0 Å². The van der Waals surface area contributed by atoms with E-state index in [1.54, 1.807) is 0 Å². The maximum atomic E-state index is 12.8. The van der Waals surface area contributed by atoms with E-state index in [4.69, 9.17) is 14.2 Å². The van der Waals surface area contributed by atoms with Gasteiger partial charge in [-0.05, 0) is 0 Å². The molecular formula is C14H20F3N3O6. The lowest BCUT2D eigenvalue weighted by atomic mass is 9.97. The Morgan fingerprint density at radius 3 is 2.58 bits per heavy atom. The maximum Gasteiger partial charge on any atom is 0.434 e. The molecule has 0 unspecified atom stereocenters. The highest BCUT2D eigenvalue weighted by molar-refractivity contribution is 5.35. The second kappa shape index (κ2) is 8.88. The predicted molar refractivity (Wildman–Crippen MR) is 80.0 cm³/mol. The largest absolute Gasteiger partial charge is 0.434 e. The molecule has 1 aliphatic heterocycles. The minimum absolute atomic E-state index is 0.0502. The number of rotatable bonds is 7. The van der Waals surface area contributed by atoms with Crippen molar-refractivity contribution in [2.45, 2.75) is 36.8 Å². The Morgan fingerprint density at radius 2 is 1.96 bits per heavy atom. The highest BCUT2D eigenvalue weighted by atomic mass is 19.4. The summed E-state index contributed by atoms with van der Waals surface area (Å²) in [5.41, 5.74) is -1.22. The molecule has 9 nitrogen and oxygen atoms in total. The first-order valence-corrected chi connectivity index (χ1v) is 7.66. The van der Waals surface area contributed by atoms with Gasteiger partial charge >= 0.3 is 6.18 Å². The third-order valence-electron chi connectivity index (χ3n) is 3.69. The number of aliphatic hydroxyl groups is 3. The molecule has 0 aliphatic carbocycles. The Bertz CT molecular complexity index is 579. The number of anilines is 1. The molecule has 2 heterocycles. The molecule has 148 valence electrons. The third kappa shape index (κ3) is 4.99. The van der Waals surface area contributed by atoms with Crippen molar-refractivity contribution in [2.24, 2.45) is 0 Å². The van der Waals surface area contributed by atoms with E-state index in [-0.39, 0.29) is 19.0 Å². The van der Waals surface area contributed by atoms with Gasteiger partial charge in [-0.1, -0.05) is 0 Å². The first-order valence-electron chi connectivity index (χ1n) is 7.66. The van der Waals surface area contributed by atoms with Crippen LogP contribution in [-0.2, 0) is 20.4 Å². The topological polar surface area (TPSA) is 126 Å². The number of alkyl halides is 3. The van der Waals surface area contributed by atoms with Crippen molar-refractivity contribution in [3.05, 3.63) is 18.1 Å². The number of nitrogens with one attached hydrogen (secondary N) is 1. The molecule has 5 atom stereocenters. The van der Waals surface area contributed by atoms with E-state index in [0.29, 0.717) is 6.20 Å². The second-order valence-electron chi connectivity index (χ2n) is 5.53. The zero-order chi connectivity index (χ0) is 19.3. The fourth-order valence-corrected chi connectivity index (χ4v) is 2.37. The molecule has 0 bridgehead atoms. The van der Waals surface area contributed by atoms with Crippen molar-refractivity contribution < 1.29 is 42.7 Å². The summed E-state index contributed by atoms with van der Waals surface area (Å²) >= 11 is 0. The summed E-state index contributed by atoms with van der Waals surface area (Å²) in [4.78, 5) is 6.85. The average molecular weight is 383 g/mol. The molecule has 0 aromatic carbocycles. The Balaban J connectivity index is 2.19. The molecule has 1 fully saturated rings. The molecule has 12 heteroatoms. The molecule has 1 aromatic rings. The summed E-state index contributed by atoms with van der Waals surface area (Å²) in [5.74, 6) is -0.289. The normalized spacial score (nSPS) is 29.6. The first-order chi connectivity index (χ1) is 12.3. The van der Waals surface area contributed by atoms with E-state index in [2.05, 4.69) is 15.3 Å². The molecule has 26 heavy (non-hydrogen) atoms. The number of aromatic nitrogens is 2. The summed E-state index contributed by atoms with van der Waals surface area (Å²) in [6.07, 6.45) is -8.41. The SMILES string of the molecule is COCCO[C@@H]1O[C@H](CO)[C@H](O)[C@H](O)[C@H]1Nc1cncc(C(F)(F)F)n1. The monoisotopic (exact) mass is 383 g/mol. The highest BCUT2D eigenvalue weighted by Gasteiger charge is 2.45. The molecule has 2 rings (SSSR count). The lowest BCUT2D eigenvalue weighted by Crippen LogP contribution is -2.62. The van der Waals surface area contributed by atoms with E-state index in [0.717, 1.165) is 6.20 Å². The van der Waals surface area contributed by atoms with Crippen LogP contribution in [0, 0.1) is 0 Å². The van der Waals surface area contributed by atoms with Gasteiger partial charge in [0.25, 0.3) is 0 Å². The smallest absolute Gasteiger partial charge is 0.394 e. The van der Waals surface area contributed by atoms with Gasteiger partial charge in [0.15, 0.2) is 12.0 Å². The van der Waals surface area contributed by atoms with Gasteiger partial charge in [0.1, 0.15) is 30.2 Å². The number of aliphatic hydroxyl groups excluding tert-OH is 3. The second-order valence-corrected chi connectivity index (χ2v) is 5.53. The van der Waals surface area contributed by atoms with Gasteiger partial charge < -0.3 is 34.8 Å². The lowest BCUT2D eigenvalue weighted by Gasteiger charge is -2.42. The fraction of sp³-hybridized carbons (Fsp3) is 0.714. The predicted octanol–water partition coefficient (Wildman–Crippen LogP) is -0.622. The van der Waals surface area contributed by atoms with Crippen molar-refractivity contribution >= 4 is 5.82 Å². The number of methoxy groups -OCH3 is 1. The summed E-state index contributed by atoms with van der Waals surface area (Å²) < 4.78 is 53.9. The van der Waals surface area contributed by atoms with Crippen LogP contribution in [0.2, 0.25) is 0 Å². The fourth-order valence-electron chi connectivity index (χ4n) is 2.37. The van der Waals surface area contributed by atoms with Crippen LogP contribution in [0.15, 0.2) is 12.4 Å². The van der Waals surface area contributed by atoms with E-state index in [1.807, 2.05) is 0 Å². The standard InChI is InChI=1S/C14H20F3N3O6/c1-24-2-3-25-13-10(12(23)11(22)7(6-21)26-13)20-9-5-18-4-8(19-9)14(15,16)17/h4-5,7,10-13,21-23H,2-3,6H2,1H3,(H,19,20)/t7-,10-,11+,12-,13-/m1/s1. The van der Waals surface area contributed by atoms with Gasteiger partial charge in [-0.2, -0.15) is 13.2 Å². The van der Waals surface area contributed by atoms with Crippen LogP contribution < -0.4 is 5.32 Å². The van der Waals surface area contributed by atoms with Gasteiger partial charge in [-0.25, -0.2) is 4.98 Å². The Morgan fingerprint density at radius 1 is 1.23 bits per heavy atom. The molecule has 0 saturated carbocycles. The van der Waals surface area contributed by atoms with Crippen LogP contribution in [0.1, 0.15) is 5.69 Å². The van der Waals surface area contributed by atoms with Gasteiger partial charge in [0.05, 0.1) is 32.2 Å². The van der Waals surface area contributed by atoms with Crippen LogP contribution in [0.25, 0.3) is 0 Å². The molecule has 0 radical (unpaired) electrons. The molecular weight excluding hydrogens is 363 g/mol.